The van der Waals surface area contributed by atoms with Crippen LogP contribution in [-0.4, -0.2) is 16.6 Å². The Balaban J connectivity index is 1.62. The zero-order valence-corrected chi connectivity index (χ0v) is 17.6. The molecule has 0 saturated heterocycles. The summed E-state index contributed by atoms with van der Waals surface area (Å²) in [5.74, 6) is 0.508. The number of rotatable bonds is 5. The third-order valence-electron chi connectivity index (χ3n) is 4.93. The highest BCUT2D eigenvalue weighted by molar-refractivity contribution is 7.99. The van der Waals surface area contributed by atoms with Crippen LogP contribution in [0, 0.1) is 18.3 Å². The molecule has 146 valence electrons. The molecule has 0 atom stereocenters. The molecule has 3 rings (SSSR count). The fraction of sp³-hybridized carbons (Fsp3) is 0.409. The van der Waals surface area contributed by atoms with Gasteiger partial charge in [-0.25, -0.2) is 4.98 Å². The highest BCUT2D eigenvalue weighted by Gasteiger charge is 2.15. The van der Waals surface area contributed by atoms with Crippen LogP contribution in [0.2, 0.25) is 5.02 Å². The monoisotopic (exact) mass is 413 g/mol. The van der Waals surface area contributed by atoms with Gasteiger partial charge in [-0.15, -0.1) is 11.8 Å². The molecule has 1 aromatic heterocycles. The molecule has 0 fully saturated rings. The number of nitrogens with zero attached hydrogens (tertiary/aromatic N) is 2. The molecule has 1 amide bonds. The quantitative estimate of drug-likeness (QED) is 0.639. The highest BCUT2D eigenvalue weighted by atomic mass is 35.5. The van der Waals surface area contributed by atoms with E-state index in [1.54, 1.807) is 12.1 Å². The van der Waals surface area contributed by atoms with Crippen molar-refractivity contribution in [3.8, 4) is 6.07 Å². The van der Waals surface area contributed by atoms with Gasteiger partial charge in [0.1, 0.15) is 11.1 Å². The van der Waals surface area contributed by atoms with Crippen LogP contribution in [0.25, 0.3) is 0 Å². The summed E-state index contributed by atoms with van der Waals surface area (Å²) in [6.45, 7) is 1.93. The molecule has 1 heterocycles. The fourth-order valence-corrected chi connectivity index (χ4v) is 4.43. The number of nitriles is 1. The number of pyridine rings is 1. The van der Waals surface area contributed by atoms with E-state index < -0.39 is 0 Å². The summed E-state index contributed by atoms with van der Waals surface area (Å²) >= 11 is 7.49. The standard InChI is InChI=1S/C22H24ClN3OS/c1-15-8-9-18(23)13-20(15)25-21(27)10-11-28-22-17(14-24)12-16-6-4-2-3-5-7-19(16)26-22/h8-9,12-13H,2-7,10-11H2,1H3,(H,25,27). The van der Waals surface area contributed by atoms with Crippen LogP contribution in [0.5, 0.6) is 0 Å². The first-order valence-electron chi connectivity index (χ1n) is 9.68. The van der Waals surface area contributed by atoms with Gasteiger partial charge in [-0.05, 0) is 61.9 Å². The van der Waals surface area contributed by atoms with Crippen LogP contribution in [0.3, 0.4) is 0 Å². The lowest BCUT2D eigenvalue weighted by molar-refractivity contribution is -0.115. The van der Waals surface area contributed by atoms with E-state index in [0.717, 1.165) is 47.7 Å². The Labute approximate surface area is 175 Å². The minimum absolute atomic E-state index is 0.0670. The molecule has 6 heteroatoms. The molecule has 1 N–H and O–H groups in total. The number of fused-ring (bicyclic) bond motifs is 1. The van der Waals surface area contributed by atoms with E-state index in [9.17, 15) is 10.1 Å². The average Bonchev–Trinajstić information content (AvgIpc) is 2.65. The van der Waals surface area contributed by atoms with Gasteiger partial charge < -0.3 is 5.32 Å². The van der Waals surface area contributed by atoms with Gasteiger partial charge in [0.05, 0.1) is 5.56 Å². The van der Waals surface area contributed by atoms with E-state index >= 15 is 0 Å². The Morgan fingerprint density at radius 3 is 2.82 bits per heavy atom. The number of carbonyl (C=O) groups excluding carboxylic acids is 1. The number of nitrogens with one attached hydrogen (secondary N) is 1. The van der Waals surface area contributed by atoms with Crippen molar-refractivity contribution in [1.82, 2.24) is 4.98 Å². The molecule has 0 spiro atoms. The number of hydrogen-bond donors (Lipinski definition) is 1. The molecular formula is C22H24ClN3OS. The van der Waals surface area contributed by atoms with E-state index in [4.69, 9.17) is 16.6 Å². The summed E-state index contributed by atoms with van der Waals surface area (Å²) in [5, 5.41) is 13.8. The van der Waals surface area contributed by atoms with Crippen molar-refractivity contribution < 1.29 is 4.79 Å². The van der Waals surface area contributed by atoms with Gasteiger partial charge in [-0.1, -0.05) is 30.5 Å². The van der Waals surface area contributed by atoms with Crippen molar-refractivity contribution in [2.45, 2.75) is 56.9 Å². The van der Waals surface area contributed by atoms with Crippen LogP contribution in [0.1, 0.15) is 54.5 Å². The van der Waals surface area contributed by atoms with Crippen LogP contribution >= 0.6 is 23.4 Å². The Kier molecular flexibility index (Phi) is 7.36. The molecule has 0 bridgehead atoms. The van der Waals surface area contributed by atoms with Gasteiger partial charge in [-0.3, -0.25) is 4.79 Å². The molecule has 0 unspecified atom stereocenters. The van der Waals surface area contributed by atoms with Crippen LogP contribution in [-0.2, 0) is 17.6 Å². The minimum atomic E-state index is -0.0670. The zero-order chi connectivity index (χ0) is 19.9. The number of anilines is 1. The Hall–Kier alpha value is -2.03. The predicted octanol–water partition coefficient (Wildman–Crippen LogP) is 5.70. The molecule has 0 aliphatic heterocycles. The lowest BCUT2D eigenvalue weighted by Crippen LogP contribution is -2.13. The van der Waals surface area contributed by atoms with E-state index in [2.05, 4.69) is 11.4 Å². The lowest BCUT2D eigenvalue weighted by Gasteiger charge is -2.15. The van der Waals surface area contributed by atoms with Crippen LogP contribution in [0.4, 0.5) is 5.69 Å². The zero-order valence-electron chi connectivity index (χ0n) is 16.1. The summed E-state index contributed by atoms with van der Waals surface area (Å²) in [7, 11) is 0. The number of benzene rings is 1. The second-order valence-electron chi connectivity index (χ2n) is 7.08. The maximum Gasteiger partial charge on any atom is 0.225 e. The summed E-state index contributed by atoms with van der Waals surface area (Å²) in [5.41, 5.74) is 4.67. The van der Waals surface area contributed by atoms with Gasteiger partial charge in [0.25, 0.3) is 0 Å². The second kappa shape index (κ2) is 9.95. The number of aromatic nitrogens is 1. The number of carbonyl (C=O) groups is 1. The van der Waals surface area contributed by atoms with E-state index in [1.807, 2.05) is 19.1 Å². The third kappa shape index (κ3) is 5.50. The molecule has 1 aliphatic rings. The van der Waals surface area contributed by atoms with Crippen molar-refractivity contribution in [2.24, 2.45) is 0 Å². The highest BCUT2D eigenvalue weighted by Crippen LogP contribution is 2.27. The topological polar surface area (TPSA) is 65.8 Å². The number of thioether (sulfide) groups is 1. The molecule has 28 heavy (non-hydrogen) atoms. The van der Waals surface area contributed by atoms with Crippen molar-refractivity contribution in [1.29, 1.82) is 5.26 Å². The largest absolute Gasteiger partial charge is 0.326 e. The summed E-state index contributed by atoms with van der Waals surface area (Å²) < 4.78 is 0. The smallest absolute Gasteiger partial charge is 0.225 e. The Morgan fingerprint density at radius 2 is 2.04 bits per heavy atom. The lowest BCUT2D eigenvalue weighted by atomic mass is 9.96. The summed E-state index contributed by atoms with van der Waals surface area (Å²) in [6.07, 6.45) is 7.13. The van der Waals surface area contributed by atoms with Gasteiger partial charge in [0, 0.05) is 28.6 Å². The average molecular weight is 414 g/mol. The summed E-state index contributed by atoms with van der Waals surface area (Å²) in [4.78, 5) is 17.1. The van der Waals surface area contributed by atoms with Crippen LogP contribution in [0.15, 0.2) is 29.3 Å². The number of aryl methyl sites for hydroxylation is 3. The second-order valence-corrected chi connectivity index (χ2v) is 8.60. The Bertz CT molecular complexity index is 907. The maximum absolute atomic E-state index is 12.3. The van der Waals surface area contributed by atoms with Crippen LogP contribution < -0.4 is 5.32 Å². The van der Waals surface area contributed by atoms with E-state index in [0.29, 0.717) is 22.8 Å². The molecule has 0 radical (unpaired) electrons. The first-order chi connectivity index (χ1) is 13.6. The van der Waals surface area contributed by atoms with Crippen molar-refractivity contribution in [3.05, 3.63) is 51.7 Å². The molecular weight excluding hydrogens is 390 g/mol. The van der Waals surface area contributed by atoms with Gasteiger partial charge in [0.15, 0.2) is 0 Å². The van der Waals surface area contributed by atoms with Gasteiger partial charge in [0.2, 0.25) is 5.91 Å². The number of halogens is 1. The molecule has 2 aromatic rings. The normalized spacial score (nSPS) is 13.8. The number of amides is 1. The Morgan fingerprint density at radius 1 is 1.25 bits per heavy atom. The fourth-order valence-electron chi connectivity index (χ4n) is 3.34. The molecule has 4 nitrogen and oxygen atoms in total. The SMILES string of the molecule is Cc1ccc(Cl)cc1NC(=O)CCSc1nc2c(cc1C#N)CCCCCC2. The number of hydrogen-bond acceptors (Lipinski definition) is 4. The van der Waals surface area contributed by atoms with E-state index in [-0.39, 0.29) is 5.91 Å². The third-order valence-corrected chi connectivity index (χ3v) is 6.16. The maximum atomic E-state index is 12.3. The minimum Gasteiger partial charge on any atom is -0.326 e. The summed E-state index contributed by atoms with van der Waals surface area (Å²) in [6, 6.07) is 9.72. The van der Waals surface area contributed by atoms with Crippen molar-refractivity contribution in [3.63, 3.8) is 0 Å². The molecule has 0 saturated carbocycles. The first kappa shape index (κ1) is 20.7. The van der Waals surface area contributed by atoms with Crippen molar-refractivity contribution in [2.75, 3.05) is 11.1 Å². The van der Waals surface area contributed by atoms with Gasteiger partial charge >= 0.3 is 0 Å². The van der Waals surface area contributed by atoms with Crippen molar-refractivity contribution >= 4 is 35.0 Å². The first-order valence-corrected chi connectivity index (χ1v) is 11.0. The molecule has 1 aliphatic carbocycles. The van der Waals surface area contributed by atoms with Gasteiger partial charge in [-0.2, -0.15) is 5.26 Å². The van der Waals surface area contributed by atoms with E-state index in [1.165, 1.54) is 30.2 Å². The molecule has 1 aromatic carbocycles. The predicted molar refractivity (Wildman–Crippen MR) is 115 cm³/mol.